The third-order valence-corrected chi connectivity index (χ3v) is 3.13. The van der Waals surface area contributed by atoms with Gasteiger partial charge in [0.1, 0.15) is 0 Å². The number of nitrogens with two attached hydrogens (primary N) is 1. The second-order valence-corrected chi connectivity index (χ2v) is 4.02. The summed E-state index contributed by atoms with van der Waals surface area (Å²) in [7, 11) is 0. The predicted molar refractivity (Wildman–Crippen MR) is 48.1 cm³/mol. The van der Waals surface area contributed by atoms with E-state index in [-0.39, 0.29) is 11.5 Å². The number of rotatable bonds is 1. The topological polar surface area (TPSA) is 64.9 Å². The number of hydrogen-bond acceptors (Lipinski definition) is 4. The molecule has 1 aliphatic rings. The minimum absolute atomic E-state index is 0.102. The third kappa shape index (κ3) is 1.35. The van der Waals surface area contributed by atoms with Crippen LogP contribution in [0.5, 0.6) is 0 Å². The molecule has 1 aromatic heterocycles. The second kappa shape index (κ2) is 3.10. The van der Waals surface area contributed by atoms with Crippen molar-refractivity contribution >= 4 is 0 Å². The van der Waals surface area contributed by atoms with Gasteiger partial charge in [-0.1, -0.05) is 18.0 Å². The average Bonchev–Trinajstić information content (AvgIpc) is 2.63. The molecular formula is C9H15N3O. The van der Waals surface area contributed by atoms with E-state index in [2.05, 4.69) is 17.1 Å². The molecule has 2 rings (SSSR count). The maximum Gasteiger partial charge on any atom is 0.233 e. The minimum atomic E-state index is -0.102. The summed E-state index contributed by atoms with van der Waals surface area (Å²) in [5.41, 5.74) is 5.97. The summed E-state index contributed by atoms with van der Waals surface area (Å²) < 4.78 is 5.11. The van der Waals surface area contributed by atoms with E-state index in [4.69, 9.17) is 10.3 Å². The molecule has 2 unspecified atom stereocenters. The van der Waals surface area contributed by atoms with Gasteiger partial charge in [0.05, 0.1) is 5.41 Å². The first-order valence-electron chi connectivity index (χ1n) is 4.76. The highest BCUT2D eigenvalue weighted by Crippen LogP contribution is 2.36. The summed E-state index contributed by atoms with van der Waals surface area (Å²) in [6.45, 7) is 2.12. The van der Waals surface area contributed by atoms with Crippen molar-refractivity contribution < 1.29 is 4.52 Å². The molecule has 1 fully saturated rings. The average molecular weight is 181 g/mol. The van der Waals surface area contributed by atoms with Gasteiger partial charge < -0.3 is 10.3 Å². The standard InChI is InChI=1S/C9H15N3O/c1-9(8-11-6-12-13-8)5-3-2-4-7(9)10/h6-7H,2-5,10H2,1H3. The van der Waals surface area contributed by atoms with Crippen LogP contribution in [-0.4, -0.2) is 16.2 Å². The fourth-order valence-electron chi connectivity index (χ4n) is 2.05. The lowest BCUT2D eigenvalue weighted by atomic mass is 9.72. The first-order chi connectivity index (χ1) is 6.23. The van der Waals surface area contributed by atoms with Crippen LogP contribution in [0.25, 0.3) is 0 Å². The van der Waals surface area contributed by atoms with Crippen LogP contribution in [0.4, 0.5) is 0 Å². The van der Waals surface area contributed by atoms with Crippen LogP contribution in [0.15, 0.2) is 10.9 Å². The van der Waals surface area contributed by atoms with Crippen LogP contribution in [0.3, 0.4) is 0 Å². The normalized spacial score (nSPS) is 34.8. The molecule has 0 spiro atoms. The SMILES string of the molecule is CC1(c2ncno2)CCCCC1N. The molecule has 0 aromatic carbocycles. The first kappa shape index (κ1) is 8.69. The van der Waals surface area contributed by atoms with Crippen LogP contribution in [0.2, 0.25) is 0 Å². The van der Waals surface area contributed by atoms with E-state index >= 15 is 0 Å². The van der Waals surface area contributed by atoms with Crippen molar-refractivity contribution in [3.8, 4) is 0 Å². The lowest BCUT2D eigenvalue weighted by Crippen LogP contribution is -2.45. The summed E-state index contributed by atoms with van der Waals surface area (Å²) in [6.07, 6.45) is 5.97. The van der Waals surface area contributed by atoms with Gasteiger partial charge in [-0.05, 0) is 19.8 Å². The molecule has 4 heteroatoms. The Morgan fingerprint density at radius 2 is 2.46 bits per heavy atom. The van der Waals surface area contributed by atoms with Crippen LogP contribution < -0.4 is 5.73 Å². The third-order valence-electron chi connectivity index (χ3n) is 3.13. The van der Waals surface area contributed by atoms with E-state index in [1.54, 1.807) is 0 Å². The Hall–Kier alpha value is -0.900. The zero-order valence-electron chi connectivity index (χ0n) is 7.86. The molecule has 0 radical (unpaired) electrons. The molecule has 2 atom stereocenters. The van der Waals surface area contributed by atoms with Gasteiger partial charge in [-0.25, -0.2) is 0 Å². The minimum Gasteiger partial charge on any atom is -0.339 e. The number of nitrogens with zero attached hydrogens (tertiary/aromatic N) is 2. The Labute approximate surface area is 77.5 Å². The highest BCUT2D eigenvalue weighted by atomic mass is 16.5. The van der Waals surface area contributed by atoms with Gasteiger partial charge in [0.25, 0.3) is 0 Å². The molecule has 0 saturated heterocycles. The number of aromatic nitrogens is 2. The predicted octanol–water partition coefficient (Wildman–Crippen LogP) is 1.23. The van der Waals surface area contributed by atoms with Crippen LogP contribution in [-0.2, 0) is 5.41 Å². The van der Waals surface area contributed by atoms with Gasteiger partial charge in [0.2, 0.25) is 5.89 Å². The molecule has 72 valence electrons. The van der Waals surface area contributed by atoms with Crippen LogP contribution in [0, 0.1) is 0 Å². The molecule has 0 aliphatic heterocycles. The molecule has 0 bridgehead atoms. The van der Waals surface area contributed by atoms with Gasteiger partial charge in [-0.2, -0.15) is 4.98 Å². The van der Waals surface area contributed by atoms with Crippen LogP contribution >= 0.6 is 0 Å². The van der Waals surface area contributed by atoms with E-state index in [0.717, 1.165) is 12.8 Å². The van der Waals surface area contributed by atoms with Crippen molar-refractivity contribution in [2.75, 3.05) is 0 Å². The number of hydrogen-bond donors (Lipinski definition) is 1. The summed E-state index contributed by atoms with van der Waals surface area (Å²) in [6, 6.07) is 0.154. The molecule has 1 saturated carbocycles. The molecular weight excluding hydrogens is 166 g/mol. The quantitative estimate of drug-likeness (QED) is 0.707. The van der Waals surface area contributed by atoms with Gasteiger partial charge in [0, 0.05) is 6.04 Å². The van der Waals surface area contributed by atoms with E-state index in [1.165, 1.54) is 19.2 Å². The fourth-order valence-corrected chi connectivity index (χ4v) is 2.05. The molecule has 1 heterocycles. The van der Waals surface area contributed by atoms with E-state index in [0.29, 0.717) is 5.89 Å². The van der Waals surface area contributed by atoms with Crippen LogP contribution in [0.1, 0.15) is 38.5 Å². The van der Waals surface area contributed by atoms with Gasteiger partial charge in [0.15, 0.2) is 6.33 Å². The highest BCUT2D eigenvalue weighted by molar-refractivity contribution is 5.08. The van der Waals surface area contributed by atoms with Gasteiger partial charge >= 0.3 is 0 Å². The van der Waals surface area contributed by atoms with Gasteiger partial charge in [-0.3, -0.25) is 0 Å². The molecule has 13 heavy (non-hydrogen) atoms. The van der Waals surface area contributed by atoms with Crippen molar-refractivity contribution in [1.82, 2.24) is 10.1 Å². The summed E-state index contributed by atoms with van der Waals surface area (Å²) in [5.74, 6) is 0.694. The van der Waals surface area contributed by atoms with E-state index in [1.807, 2.05) is 0 Å². The van der Waals surface area contributed by atoms with Crippen molar-refractivity contribution in [2.24, 2.45) is 5.73 Å². The van der Waals surface area contributed by atoms with E-state index in [9.17, 15) is 0 Å². The molecule has 0 amide bonds. The molecule has 1 aliphatic carbocycles. The second-order valence-electron chi connectivity index (χ2n) is 4.02. The Balaban J connectivity index is 2.27. The van der Waals surface area contributed by atoms with Crippen molar-refractivity contribution in [1.29, 1.82) is 0 Å². The van der Waals surface area contributed by atoms with Crippen molar-refractivity contribution in [2.45, 2.75) is 44.1 Å². The van der Waals surface area contributed by atoms with Gasteiger partial charge in [-0.15, -0.1) is 0 Å². The lowest BCUT2D eigenvalue weighted by Gasteiger charge is -2.35. The zero-order valence-corrected chi connectivity index (χ0v) is 7.86. The van der Waals surface area contributed by atoms with Crippen molar-refractivity contribution in [3.63, 3.8) is 0 Å². The summed E-state index contributed by atoms with van der Waals surface area (Å²) in [4.78, 5) is 4.10. The lowest BCUT2D eigenvalue weighted by molar-refractivity contribution is 0.203. The summed E-state index contributed by atoms with van der Waals surface area (Å²) >= 11 is 0. The molecule has 1 aromatic rings. The fraction of sp³-hybridized carbons (Fsp3) is 0.778. The smallest absolute Gasteiger partial charge is 0.233 e. The zero-order chi connectivity index (χ0) is 9.31. The Morgan fingerprint density at radius 3 is 3.08 bits per heavy atom. The Kier molecular flexibility index (Phi) is 2.07. The largest absolute Gasteiger partial charge is 0.339 e. The molecule has 2 N–H and O–H groups in total. The highest BCUT2D eigenvalue weighted by Gasteiger charge is 2.40. The maximum atomic E-state index is 6.08. The van der Waals surface area contributed by atoms with Crippen molar-refractivity contribution in [3.05, 3.63) is 12.2 Å². The monoisotopic (exact) mass is 181 g/mol. The molecule has 4 nitrogen and oxygen atoms in total. The Morgan fingerprint density at radius 1 is 1.62 bits per heavy atom. The van der Waals surface area contributed by atoms with E-state index < -0.39 is 0 Å². The summed E-state index contributed by atoms with van der Waals surface area (Å²) in [5, 5.41) is 3.64. The maximum absolute atomic E-state index is 6.08. The first-order valence-corrected chi connectivity index (χ1v) is 4.76. The Bertz CT molecular complexity index is 272.